The van der Waals surface area contributed by atoms with E-state index < -0.39 is 0 Å². The highest BCUT2D eigenvalue weighted by Gasteiger charge is 2.12. The monoisotopic (exact) mass is 279 g/mol. The number of aryl methyl sites for hydroxylation is 1. The van der Waals surface area contributed by atoms with Gasteiger partial charge in [0.05, 0.1) is 0 Å². The normalized spacial score (nSPS) is 11.0. The molecule has 3 aromatic rings. The van der Waals surface area contributed by atoms with Crippen LogP contribution in [-0.4, -0.2) is 7.05 Å². The number of benzene rings is 3. The number of halogens is 1. The first-order chi connectivity index (χ1) is 10.2. The molecule has 0 saturated carbocycles. The van der Waals surface area contributed by atoms with Gasteiger partial charge < -0.3 is 5.32 Å². The molecule has 106 valence electrons. The lowest BCUT2D eigenvalue weighted by Gasteiger charge is -2.15. The SMILES string of the molecule is CNCc1ccc(F)cc1-c1c(C)ccc2ccccc12. The van der Waals surface area contributed by atoms with E-state index in [1.54, 1.807) is 6.07 Å². The summed E-state index contributed by atoms with van der Waals surface area (Å²) in [5.41, 5.74) is 4.37. The number of rotatable bonds is 3. The largest absolute Gasteiger partial charge is 0.316 e. The topological polar surface area (TPSA) is 12.0 Å². The van der Waals surface area contributed by atoms with E-state index in [0.29, 0.717) is 0 Å². The second-order valence-electron chi connectivity index (χ2n) is 5.31. The summed E-state index contributed by atoms with van der Waals surface area (Å²) in [5, 5.41) is 5.50. The van der Waals surface area contributed by atoms with Crippen molar-refractivity contribution in [3.05, 3.63) is 71.5 Å². The highest BCUT2D eigenvalue weighted by Crippen LogP contribution is 2.34. The molecule has 3 aromatic carbocycles. The number of fused-ring (bicyclic) bond motifs is 1. The van der Waals surface area contributed by atoms with Crippen molar-refractivity contribution in [3.63, 3.8) is 0 Å². The van der Waals surface area contributed by atoms with Crippen LogP contribution in [-0.2, 0) is 6.54 Å². The zero-order chi connectivity index (χ0) is 14.8. The standard InChI is InChI=1S/C19H18FN/c1-13-7-8-14-5-3-4-6-17(14)19(13)18-11-16(20)10-9-15(18)12-21-2/h3-11,21H,12H2,1-2H3. The van der Waals surface area contributed by atoms with Crippen molar-refractivity contribution in [3.8, 4) is 11.1 Å². The first-order valence-electron chi connectivity index (χ1n) is 7.12. The minimum Gasteiger partial charge on any atom is -0.316 e. The van der Waals surface area contributed by atoms with Crippen molar-refractivity contribution < 1.29 is 4.39 Å². The molecule has 0 radical (unpaired) electrons. The Morgan fingerprint density at radius 1 is 1.00 bits per heavy atom. The third-order valence-electron chi connectivity index (χ3n) is 3.85. The van der Waals surface area contributed by atoms with Gasteiger partial charge in [-0.25, -0.2) is 4.39 Å². The predicted octanol–water partition coefficient (Wildman–Crippen LogP) is 4.67. The Hall–Kier alpha value is -2.19. The van der Waals surface area contributed by atoms with Crippen LogP contribution in [0.2, 0.25) is 0 Å². The summed E-state index contributed by atoms with van der Waals surface area (Å²) in [4.78, 5) is 0. The minimum absolute atomic E-state index is 0.197. The molecule has 0 aliphatic rings. The van der Waals surface area contributed by atoms with Crippen LogP contribution in [0.4, 0.5) is 4.39 Å². The molecule has 0 bridgehead atoms. The van der Waals surface area contributed by atoms with Crippen LogP contribution >= 0.6 is 0 Å². The van der Waals surface area contributed by atoms with Gasteiger partial charge in [-0.1, -0.05) is 42.5 Å². The zero-order valence-electron chi connectivity index (χ0n) is 12.3. The number of hydrogen-bond acceptors (Lipinski definition) is 1. The van der Waals surface area contributed by atoms with E-state index in [-0.39, 0.29) is 5.82 Å². The summed E-state index contributed by atoms with van der Waals surface area (Å²) in [7, 11) is 1.91. The molecule has 0 saturated heterocycles. The van der Waals surface area contributed by atoms with Gasteiger partial charge in [-0.05, 0) is 59.1 Å². The lowest BCUT2D eigenvalue weighted by atomic mass is 9.91. The quantitative estimate of drug-likeness (QED) is 0.734. The van der Waals surface area contributed by atoms with Crippen LogP contribution in [0.15, 0.2) is 54.6 Å². The Labute approximate surface area is 124 Å². The summed E-state index contributed by atoms with van der Waals surface area (Å²) >= 11 is 0. The van der Waals surface area contributed by atoms with Gasteiger partial charge in [0, 0.05) is 6.54 Å². The molecule has 0 aromatic heterocycles. The van der Waals surface area contributed by atoms with Crippen molar-refractivity contribution >= 4 is 10.8 Å². The Bertz CT molecular complexity index is 793. The summed E-state index contributed by atoms with van der Waals surface area (Å²) in [6.45, 7) is 2.80. The van der Waals surface area contributed by atoms with Crippen molar-refractivity contribution in [2.45, 2.75) is 13.5 Å². The molecule has 2 heteroatoms. The first-order valence-corrected chi connectivity index (χ1v) is 7.12. The van der Waals surface area contributed by atoms with Crippen LogP contribution in [0, 0.1) is 12.7 Å². The molecule has 21 heavy (non-hydrogen) atoms. The maximum Gasteiger partial charge on any atom is 0.123 e. The van der Waals surface area contributed by atoms with E-state index in [1.165, 1.54) is 16.8 Å². The number of nitrogens with one attached hydrogen (secondary N) is 1. The predicted molar refractivity (Wildman–Crippen MR) is 86.8 cm³/mol. The van der Waals surface area contributed by atoms with Gasteiger partial charge in [0.2, 0.25) is 0 Å². The van der Waals surface area contributed by atoms with Crippen LogP contribution in [0.3, 0.4) is 0 Å². The van der Waals surface area contributed by atoms with Crippen molar-refractivity contribution in [2.75, 3.05) is 7.05 Å². The van der Waals surface area contributed by atoms with Gasteiger partial charge in [0.1, 0.15) is 5.82 Å². The maximum absolute atomic E-state index is 13.8. The Morgan fingerprint density at radius 2 is 1.81 bits per heavy atom. The zero-order valence-corrected chi connectivity index (χ0v) is 12.3. The van der Waals surface area contributed by atoms with E-state index >= 15 is 0 Å². The fourth-order valence-electron chi connectivity index (χ4n) is 2.86. The van der Waals surface area contributed by atoms with Crippen LogP contribution in [0.5, 0.6) is 0 Å². The number of hydrogen-bond donors (Lipinski definition) is 1. The molecule has 1 nitrogen and oxygen atoms in total. The fourth-order valence-corrected chi connectivity index (χ4v) is 2.86. The summed E-state index contributed by atoms with van der Waals surface area (Å²) < 4.78 is 13.8. The van der Waals surface area contributed by atoms with E-state index in [1.807, 2.05) is 25.2 Å². The van der Waals surface area contributed by atoms with E-state index in [4.69, 9.17) is 0 Å². The molecule has 0 unspecified atom stereocenters. The average molecular weight is 279 g/mol. The van der Waals surface area contributed by atoms with Crippen LogP contribution in [0.1, 0.15) is 11.1 Å². The molecular formula is C19H18FN. The molecule has 0 amide bonds. The molecule has 3 rings (SSSR count). The maximum atomic E-state index is 13.8. The van der Waals surface area contributed by atoms with Gasteiger partial charge in [-0.15, -0.1) is 0 Å². The summed E-state index contributed by atoms with van der Waals surface area (Å²) in [5.74, 6) is -0.197. The molecule has 0 heterocycles. The summed E-state index contributed by atoms with van der Waals surface area (Å²) in [6.07, 6.45) is 0. The van der Waals surface area contributed by atoms with Crippen molar-refractivity contribution in [1.29, 1.82) is 0 Å². The molecule has 0 aliphatic heterocycles. The molecule has 0 atom stereocenters. The molecule has 0 aliphatic carbocycles. The molecule has 1 N–H and O–H groups in total. The van der Waals surface area contributed by atoms with Gasteiger partial charge >= 0.3 is 0 Å². The molecular weight excluding hydrogens is 261 g/mol. The van der Waals surface area contributed by atoms with E-state index in [9.17, 15) is 4.39 Å². The third-order valence-corrected chi connectivity index (χ3v) is 3.85. The average Bonchev–Trinajstić information content (AvgIpc) is 2.49. The van der Waals surface area contributed by atoms with Gasteiger partial charge in [-0.2, -0.15) is 0 Å². The Balaban J connectivity index is 2.34. The second kappa shape index (κ2) is 5.66. The van der Waals surface area contributed by atoms with Crippen LogP contribution in [0.25, 0.3) is 21.9 Å². The lowest BCUT2D eigenvalue weighted by Crippen LogP contribution is -2.07. The van der Waals surface area contributed by atoms with Gasteiger partial charge in [-0.3, -0.25) is 0 Å². The molecule has 0 spiro atoms. The van der Waals surface area contributed by atoms with E-state index in [2.05, 4.69) is 36.5 Å². The second-order valence-corrected chi connectivity index (χ2v) is 5.31. The van der Waals surface area contributed by atoms with Gasteiger partial charge in [0.15, 0.2) is 0 Å². The highest BCUT2D eigenvalue weighted by atomic mass is 19.1. The van der Waals surface area contributed by atoms with Crippen molar-refractivity contribution in [1.82, 2.24) is 5.32 Å². The van der Waals surface area contributed by atoms with Crippen molar-refractivity contribution in [2.24, 2.45) is 0 Å². The smallest absolute Gasteiger partial charge is 0.123 e. The molecule has 0 fully saturated rings. The van der Waals surface area contributed by atoms with E-state index in [0.717, 1.165) is 28.8 Å². The lowest BCUT2D eigenvalue weighted by molar-refractivity contribution is 0.627. The Kier molecular flexibility index (Phi) is 3.72. The minimum atomic E-state index is -0.197. The third kappa shape index (κ3) is 2.55. The summed E-state index contributed by atoms with van der Waals surface area (Å²) in [6, 6.07) is 17.5. The van der Waals surface area contributed by atoms with Gasteiger partial charge in [0.25, 0.3) is 0 Å². The highest BCUT2D eigenvalue weighted by molar-refractivity contribution is 5.98. The fraction of sp³-hybridized carbons (Fsp3) is 0.158. The van der Waals surface area contributed by atoms with Crippen LogP contribution < -0.4 is 5.32 Å². The first kappa shape index (κ1) is 13.8. The Morgan fingerprint density at radius 3 is 2.62 bits per heavy atom.